The van der Waals surface area contributed by atoms with Gasteiger partial charge in [0.15, 0.2) is 5.13 Å². The van der Waals surface area contributed by atoms with Gasteiger partial charge in [-0.1, -0.05) is 0 Å². The summed E-state index contributed by atoms with van der Waals surface area (Å²) in [6.07, 6.45) is 2.28. The molecule has 0 radical (unpaired) electrons. The molecule has 1 atom stereocenters. The van der Waals surface area contributed by atoms with Crippen LogP contribution in [-0.4, -0.2) is 46.7 Å². The van der Waals surface area contributed by atoms with Gasteiger partial charge in [-0.05, 0) is 33.2 Å². The molecule has 1 fully saturated rings. The van der Waals surface area contributed by atoms with Crippen molar-refractivity contribution in [2.45, 2.75) is 32.7 Å². The Bertz CT molecular complexity index is 660. The number of hydrogen-bond donors (Lipinski definition) is 1. The molecule has 0 saturated carbocycles. The van der Waals surface area contributed by atoms with E-state index in [0.29, 0.717) is 0 Å². The van der Waals surface area contributed by atoms with Crippen LogP contribution in [0.15, 0.2) is 11.4 Å². The summed E-state index contributed by atoms with van der Waals surface area (Å²) in [4.78, 5) is 16.3. The number of thiazole rings is 1. The predicted molar refractivity (Wildman–Crippen MR) is 92.3 cm³/mol. The van der Waals surface area contributed by atoms with Crippen LogP contribution in [0.25, 0.3) is 0 Å². The number of rotatable bonds is 6. The molecule has 1 unspecified atom stereocenters. The number of nitrogens with zero attached hydrogens (tertiary/aromatic N) is 4. The largest absolute Gasteiger partial charge is 0.383 e. The van der Waals surface area contributed by atoms with Crippen LogP contribution >= 0.6 is 11.3 Å². The van der Waals surface area contributed by atoms with E-state index in [1.807, 2.05) is 25.3 Å². The molecule has 0 bridgehead atoms. The van der Waals surface area contributed by atoms with Crippen LogP contribution in [0.5, 0.6) is 0 Å². The van der Waals surface area contributed by atoms with Gasteiger partial charge < -0.3 is 10.1 Å². The molecule has 3 heterocycles. The first kappa shape index (κ1) is 16.3. The summed E-state index contributed by atoms with van der Waals surface area (Å²) in [6, 6.07) is 2.25. The van der Waals surface area contributed by atoms with Gasteiger partial charge in [0.2, 0.25) is 0 Å². The maximum atomic E-state index is 5.22. The van der Waals surface area contributed by atoms with Gasteiger partial charge >= 0.3 is 0 Å². The van der Waals surface area contributed by atoms with Crippen LogP contribution in [0.3, 0.4) is 0 Å². The average Bonchev–Trinajstić information content (AvgIpc) is 3.13. The highest BCUT2D eigenvalue weighted by Crippen LogP contribution is 2.30. The fourth-order valence-corrected chi connectivity index (χ4v) is 3.62. The first-order valence-corrected chi connectivity index (χ1v) is 8.81. The van der Waals surface area contributed by atoms with Crippen LogP contribution < -0.4 is 5.32 Å². The predicted octanol–water partition coefficient (Wildman–Crippen LogP) is 3.08. The zero-order valence-electron chi connectivity index (χ0n) is 13.9. The molecule has 2 aromatic rings. The minimum Gasteiger partial charge on any atom is -0.383 e. The van der Waals surface area contributed by atoms with E-state index in [9.17, 15) is 0 Å². The number of aryl methyl sites for hydroxylation is 2. The highest BCUT2D eigenvalue weighted by atomic mass is 32.1. The van der Waals surface area contributed by atoms with Gasteiger partial charge in [-0.2, -0.15) is 0 Å². The number of likely N-dealkylation sites (tertiary alicyclic amines) is 1. The van der Waals surface area contributed by atoms with Gasteiger partial charge in [0.1, 0.15) is 11.6 Å². The molecule has 23 heavy (non-hydrogen) atoms. The van der Waals surface area contributed by atoms with Crippen LogP contribution in [0.1, 0.15) is 36.1 Å². The zero-order valence-corrected chi connectivity index (χ0v) is 14.7. The summed E-state index contributed by atoms with van der Waals surface area (Å²) in [5.74, 6) is 1.72. The molecule has 0 spiro atoms. The molecule has 1 N–H and O–H groups in total. The van der Waals surface area contributed by atoms with Crippen LogP contribution in [0.4, 0.5) is 10.9 Å². The van der Waals surface area contributed by atoms with Crippen LogP contribution in [0.2, 0.25) is 0 Å². The lowest BCUT2D eigenvalue weighted by atomic mass is 10.2. The van der Waals surface area contributed by atoms with E-state index in [1.54, 1.807) is 18.4 Å². The lowest BCUT2D eigenvalue weighted by Crippen LogP contribution is -2.28. The molecule has 6 nitrogen and oxygen atoms in total. The van der Waals surface area contributed by atoms with E-state index >= 15 is 0 Å². The lowest BCUT2D eigenvalue weighted by Gasteiger charge is -2.23. The minimum atomic E-state index is 0.281. The first-order valence-electron chi connectivity index (χ1n) is 7.93. The highest BCUT2D eigenvalue weighted by Gasteiger charge is 2.28. The molecular formula is C16H23N5OS. The second-order valence-electron chi connectivity index (χ2n) is 5.86. The molecular weight excluding hydrogens is 310 g/mol. The van der Waals surface area contributed by atoms with Crippen molar-refractivity contribution in [1.29, 1.82) is 0 Å². The molecule has 1 saturated heterocycles. The Balaban J connectivity index is 1.79. The summed E-state index contributed by atoms with van der Waals surface area (Å²) in [6.45, 7) is 6.75. The molecule has 0 aliphatic carbocycles. The topological polar surface area (TPSA) is 63.2 Å². The molecule has 1 aliphatic rings. The van der Waals surface area contributed by atoms with Crippen molar-refractivity contribution in [1.82, 2.24) is 19.9 Å². The normalized spacial score (nSPS) is 18.5. The van der Waals surface area contributed by atoms with Gasteiger partial charge in [-0.3, -0.25) is 4.90 Å². The number of hydrogen-bond acceptors (Lipinski definition) is 7. The monoisotopic (exact) mass is 333 g/mol. The van der Waals surface area contributed by atoms with E-state index in [0.717, 1.165) is 54.3 Å². The Morgan fingerprint density at radius 1 is 1.30 bits per heavy atom. The summed E-state index contributed by atoms with van der Waals surface area (Å²) in [5, 5.41) is 6.20. The van der Waals surface area contributed by atoms with Crippen LogP contribution in [-0.2, 0) is 4.74 Å². The van der Waals surface area contributed by atoms with Crippen molar-refractivity contribution >= 4 is 22.3 Å². The maximum Gasteiger partial charge on any atom is 0.188 e. The van der Waals surface area contributed by atoms with Crippen LogP contribution in [0, 0.1) is 13.8 Å². The quantitative estimate of drug-likeness (QED) is 0.876. The third-order valence-corrected chi connectivity index (χ3v) is 4.85. The lowest BCUT2D eigenvalue weighted by molar-refractivity contribution is 0.139. The van der Waals surface area contributed by atoms with Gasteiger partial charge in [0.25, 0.3) is 0 Å². The minimum absolute atomic E-state index is 0.281. The Morgan fingerprint density at radius 3 is 2.91 bits per heavy atom. The molecule has 124 valence electrons. The standard InChI is InChI=1S/C16H23N5OS/c1-11-9-14(20-16-18-12(2)10-23-16)19-15(17-11)13-5-4-6-21(13)7-8-22-3/h9-10,13H,4-8H2,1-3H3,(H,17,18,19,20). The van der Waals surface area contributed by atoms with Crippen molar-refractivity contribution in [2.24, 2.45) is 0 Å². The fraction of sp³-hybridized carbons (Fsp3) is 0.562. The third-order valence-electron chi connectivity index (χ3n) is 3.97. The van der Waals surface area contributed by atoms with Crippen molar-refractivity contribution in [3.05, 3.63) is 28.7 Å². The summed E-state index contributed by atoms with van der Waals surface area (Å²) >= 11 is 1.59. The van der Waals surface area contributed by atoms with Gasteiger partial charge in [-0.15, -0.1) is 11.3 Å². The first-order chi connectivity index (χ1) is 11.2. The van der Waals surface area contributed by atoms with E-state index in [2.05, 4.69) is 20.2 Å². The highest BCUT2D eigenvalue weighted by molar-refractivity contribution is 7.13. The van der Waals surface area contributed by atoms with E-state index in [-0.39, 0.29) is 6.04 Å². The van der Waals surface area contributed by atoms with E-state index < -0.39 is 0 Å². The Labute approximate surface area is 140 Å². The fourth-order valence-electron chi connectivity index (χ4n) is 2.92. The van der Waals surface area contributed by atoms with E-state index in [1.165, 1.54) is 6.42 Å². The Morgan fingerprint density at radius 2 is 2.17 bits per heavy atom. The maximum absolute atomic E-state index is 5.22. The second-order valence-corrected chi connectivity index (χ2v) is 6.72. The van der Waals surface area contributed by atoms with E-state index in [4.69, 9.17) is 9.72 Å². The summed E-state index contributed by atoms with van der Waals surface area (Å²) in [7, 11) is 1.74. The molecule has 3 rings (SSSR count). The zero-order chi connectivity index (χ0) is 16.2. The van der Waals surface area contributed by atoms with Gasteiger partial charge in [-0.25, -0.2) is 15.0 Å². The van der Waals surface area contributed by atoms with Crippen molar-refractivity contribution in [3.8, 4) is 0 Å². The average molecular weight is 333 g/mol. The number of aromatic nitrogens is 3. The summed E-state index contributed by atoms with van der Waals surface area (Å²) in [5.41, 5.74) is 1.99. The van der Waals surface area contributed by atoms with Crippen molar-refractivity contribution in [3.63, 3.8) is 0 Å². The number of anilines is 2. The van der Waals surface area contributed by atoms with Gasteiger partial charge in [0.05, 0.1) is 18.3 Å². The SMILES string of the molecule is COCCN1CCCC1c1nc(C)cc(Nc2nc(C)cs2)n1. The third kappa shape index (κ3) is 4.04. The molecule has 7 heteroatoms. The number of methoxy groups -OCH3 is 1. The van der Waals surface area contributed by atoms with Crippen molar-refractivity contribution in [2.75, 3.05) is 32.1 Å². The smallest absolute Gasteiger partial charge is 0.188 e. The van der Waals surface area contributed by atoms with Gasteiger partial charge in [0, 0.05) is 30.8 Å². The molecule has 2 aromatic heterocycles. The van der Waals surface area contributed by atoms with Crippen molar-refractivity contribution < 1.29 is 4.74 Å². The Hall–Kier alpha value is -1.57. The number of ether oxygens (including phenoxy) is 1. The second kappa shape index (κ2) is 7.33. The Kier molecular flexibility index (Phi) is 5.20. The summed E-state index contributed by atoms with van der Waals surface area (Å²) < 4.78 is 5.22. The molecule has 0 amide bonds. The molecule has 0 aromatic carbocycles. The molecule has 1 aliphatic heterocycles. The number of nitrogens with one attached hydrogen (secondary N) is 1.